The molecule has 5 heteroatoms. The van der Waals surface area contributed by atoms with Gasteiger partial charge in [-0.1, -0.05) is 0 Å². The van der Waals surface area contributed by atoms with Gasteiger partial charge in [0, 0.05) is 24.5 Å². The lowest BCUT2D eigenvalue weighted by molar-refractivity contribution is 0.0709. The second-order valence-electron chi connectivity index (χ2n) is 3.88. The highest BCUT2D eigenvalue weighted by Crippen LogP contribution is 2.14. The van der Waals surface area contributed by atoms with Crippen LogP contribution in [0.5, 0.6) is 0 Å². The molecule has 1 amide bonds. The van der Waals surface area contributed by atoms with Gasteiger partial charge in [0.15, 0.2) is 0 Å². The molecule has 2 rings (SSSR count). The van der Waals surface area contributed by atoms with E-state index < -0.39 is 0 Å². The molecule has 0 unspecified atom stereocenters. The minimum absolute atomic E-state index is 0.0475. The van der Waals surface area contributed by atoms with Crippen molar-refractivity contribution in [2.45, 2.75) is 25.8 Å². The number of aromatic nitrogens is 1. The van der Waals surface area contributed by atoms with E-state index in [4.69, 9.17) is 5.73 Å². The van der Waals surface area contributed by atoms with Gasteiger partial charge in [-0.25, -0.2) is 4.98 Å². The first kappa shape index (κ1) is 10.6. The van der Waals surface area contributed by atoms with Crippen LogP contribution in [0.1, 0.15) is 28.3 Å². The standard InChI is InChI=1S/C10H15N3OS/c1-7-12-9(6-15-7)10(14)13-4-2-8(11)3-5-13/h6,8H,2-5,11H2,1H3. The molecule has 1 aromatic heterocycles. The van der Waals surface area contributed by atoms with E-state index in [9.17, 15) is 4.79 Å². The monoisotopic (exact) mass is 225 g/mol. The number of amides is 1. The quantitative estimate of drug-likeness (QED) is 0.776. The predicted octanol–water partition coefficient (Wildman–Crippen LogP) is 1.01. The molecule has 1 saturated heterocycles. The van der Waals surface area contributed by atoms with E-state index in [1.165, 1.54) is 11.3 Å². The first-order chi connectivity index (χ1) is 7.16. The number of likely N-dealkylation sites (tertiary alicyclic amines) is 1. The Morgan fingerprint density at radius 2 is 2.27 bits per heavy atom. The van der Waals surface area contributed by atoms with Crippen LogP contribution in [0.15, 0.2) is 5.38 Å². The molecule has 1 aliphatic heterocycles. The van der Waals surface area contributed by atoms with Crippen molar-refractivity contribution in [2.75, 3.05) is 13.1 Å². The van der Waals surface area contributed by atoms with E-state index in [1.807, 2.05) is 17.2 Å². The van der Waals surface area contributed by atoms with Crippen molar-refractivity contribution in [3.63, 3.8) is 0 Å². The minimum Gasteiger partial charge on any atom is -0.337 e. The van der Waals surface area contributed by atoms with Crippen molar-refractivity contribution in [3.8, 4) is 0 Å². The summed E-state index contributed by atoms with van der Waals surface area (Å²) in [5, 5.41) is 2.76. The molecule has 4 nitrogen and oxygen atoms in total. The lowest BCUT2D eigenvalue weighted by Gasteiger charge is -2.29. The van der Waals surface area contributed by atoms with Gasteiger partial charge in [-0.05, 0) is 19.8 Å². The highest BCUT2D eigenvalue weighted by Gasteiger charge is 2.22. The number of piperidine rings is 1. The number of nitrogens with zero attached hydrogens (tertiary/aromatic N) is 2. The number of aryl methyl sites for hydroxylation is 1. The van der Waals surface area contributed by atoms with Crippen LogP contribution in [0.4, 0.5) is 0 Å². The van der Waals surface area contributed by atoms with Crippen molar-refractivity contribution < 1.29 is 4.79 Å². The van der Waals surface area contributed by atoms with Crippen LogP contribution in [0.2, 0.25) is 0 Å². The fraction of sp³-hybridized carbons (Fsp3) is 0.600. The SMILES string of the molecule is Cc1nc(C(=O)N2CCC(N)CC2)cs1. The topological polar surface area (TPSA) is 59.2 Å². The number of nitrogens with two attached hydrogens (primary N) is 1. The Hall–Kier alpha value is -0.940. The van der Waals surface area contributed by atoms with Gasteiger partial charge in [-0.2, -0.15) is 0 Å². The van der Waals surface area contributed by atoms with Gasteiger partial charge < -0.3 is 10.6 Å². The van der Waals surface area contributed by atoms with Gasteiger partial charge in [0.2, 0.25) is 0 Å². The summed E-state index contributed by atoms with van der Waals surface area (Å²) in [7, 11) is 0. The van der Waals surface area contributed by atoms with E-state index >= 15 is 0 Å². The number of hydrogen-bond acceptors (Lipinski definition) is 4. The van der Waals surface area contributed by atoms with Gasteiger partial charge >= 0.3 is 0 Å². The maximum Gasteiger partial charge on any atom is 0.273 e. The lowest BCUT2D eigenvalue weighted by atomic mass is 10.1. The third-order valence-electron chi connectivity index (χ3n) is 2.66. The second kappa shape index (κ2) is 4.28. The largest absolute Gasteiger partial charge is 0.337 e. The molecule has 0 aliphatic carbocycles. The number of hydrogen-bond donors (Lipinski definition) is 1. The molecule has 2 heterocycles. The van der Waals surface area contributed by atoms with E-state index in [0.29, 0.717) is 5.69 Å². The summed E-state index contributed by atoms with van der Waals surface area (Å²) in [5.74, 6) is 0.0475. The molecular weight excluding hydrogens is 210 g/mol. The highest BCUT2D eigenvalue weighted by atomic mass is 32.1. The molecule has 0 aromatic carbocycles. The predicted molar refractivity (Wildman–Crippen MR) is 60.0 cm³/mol. The van der Waals surface area contributed by atoms with Gasteiger partial charge in [0.25, 0.3) is 5.91 Å². The molecule has 0 bridgehead atoms. The molecule has 1 aliphatic rings. The van der Waals surface area contributed by atoms with Crippen LogP contribution in [-0.2, 0) is 0 Å². The summed E-state index contributed by atoms with van der Waals surface area (Å²) in [5.41, 5.74) is 6.37. The maximum absolute atomic E-state index is 11.9. The number of thiazole rings is 1. The van der Waals surface area contributed by atoms with E-state index in [1.54, 1.807) is 0 Å². The van der Waals surface area contributed by atoms with Crippen molar-refractivity contribution in [1.29, 1.82) is 0 Å². The molecule has 1 fully saturated rings. The average molecular weight is 225 g/mol. The Morgan fingerprint density at radius 3 is 2.80 bits per heavy atom. The fourth-order valence-corrected chi connectivity index (χ4v) is 2.31. The summed E-state index contributed by atoms with van der Waals surface area (Å²) in [6.07, 6.45) is 1.80. The van der Waals surface area contributed by atoms with Gasteiger partial charge in [-0.15, -0.1) is 11.3 Å². The van der Waals surface area contributed by atoms with E-state index in [0.717, 1.165) is 30.9 Å². The molecule has 82 valence electrons. The molecule has 2 N–H and O–H groups in total. The third kappa shape index (κ3) is 2.35. The first-order valence-electron chi connectivity index (χ1n) is 5.14. The van der Waals surface area contributed by atoms with Crippen LogP contribution in [-0.4, -0.2) is 34.9 Å². The number of carbonyl (C=O) groups excluding carboxylic acids is 1. The van der Waals surface area contributed by atoms with E-state index in [2.05, 4.69) is 4.98 Å². The highest BCUT2D eigenvalue weighted by molar-refractivity contribution is 7.09. The summed E-state index contributed by atoms with van der Waals surface area (Å²) in [4.78, 5) is 18.0. The number of carbonyl (C=O) groups is 1. The Labute approximate surface area is 93.1 Å². The van der Waals surface area contributed by atoms with Crippen LogP contribution in [0.25, 0.3) is 0 Å². The van der Waals surface area contributed by atoms with Gasteiger partial charge in [0.1, 0.15) is 5.69 Å². The fourth-order valence-electron chi connectivity index (χ4n) is 1.73. The van der Waals surface area contributed by atoms with Gasteiger partial charge in [0.05, 0.1) is 5.01 Å². The van der Waals surface area contributed by atoms with Crippen molar-refractivity contribution >= 4 is 17.2 Å². The lowest BCUT2D eigenvalue weighted by Crippen LogP contribution is -2.42. The summed E-state index contributed by atoms with van der Waals surface area (Å²) in [6.45, 7) is 3.43. The molecule has 15 heavy (non-hydrogen) atoms. The van der Waals surface area contributed by atoms with Crippen molar-refractivity contribution in [1.82, 2.24) is 9.88 Å². The first-order valence-corrected chi connectivity index (χ1v) is 6.02. The second-order valence-corrected chi connectivity index (χ2v) is 4.94. The van der Waals surface area contributed by atoms with Crippen molar-refractivity contribution in [3.05, 3.63) is 16.1 Å². The molecule has 0 atom stereocenters. The van der Waals surface area contributed by atoms with Crippen LogP contribution < -0.4 is 5.73 Å². The summed E-state index contributed by atoms with van der Waals surface area (Å²) in [6, 6.07) is 0.256. The molecular formula is C10H15N3OS. The zero-order chi connectivity index (χ0) is 10.8. The Kier molecular flexibility index (Phi) is 3.02. The average Bonchev–Trinajstić information content (AvgIpc) is 2.65. The summed E-state index contributed by atoms with van der Waals surface area (Å²) >= 11 is 1.51. The number of rotatable bonds is 1. The van der Waals surface area contributed by atoms with E-state index in [-0.39, 0.29) is 11.9 Å². The zero-order valence-electron chi connectivity index (χ0n) is 8.77. The summed E-state index contributed by atoms with van der Waals surface area (Å²) < 4.78 is 0. The third-order valence-corrected chi connectivity index (χ3v) is 3.44. The van der Waals surface area contributed by atoms with Crippen molar-refractivity contribution in [2.24, 2.45) is 5.73 Å². The molecule has 0 radical (unpaired) electrons. The molecule has 1 aromatic rings. The Bertz CT molecular complexity index is 355. The minimum atomic E-state index is 0.0475. The van der Waals surface area contributed by atoms with Gasteiger partial charge in [-0.3, -0.25) is 4.79 Å². The maximum atomic E-state index is 11.9. The molecule has 0 spiro atoms. The smallest absolute Gasteiger partial charge is 0.273 e. The zero-order valence-corrected chi connectivity index (χ0v) is 9.59. The normalized spacial score (nSPS) is 18.1. The van der Waals surface area contributed by atoms with Crippen LogP contribution in [0.3, 0.4) is 0 Å². The Balaban J connectivity index is 2.02. The van der Waals surface area contributed by atoms with Crippen LogP contribution >= 0.6 is 11.3 Å². The van der Waals surface area contributed by atoms with Crippen LogP contribution in [0, 0.1) is 6.92 Å². The Morgan fingerprint density at radius 1 is 1.60 bits per heavy atom. The molecule has 0 saturated carbocycles.